The van der Waals surface area contributed by atoms with Crippen LogP contribution in [0.1, 0.15) is 0 Å². The van der Waals surface area contributed by atoms with E-state index in [1.54, 1.807) is 0 Å². The molecule has 3 nitrogen and oxygen atoms in total. The summed E-state index contributed by atoms with van der Waals surface area (Å²) in [5.41, 5.74) is 4.92. The molecular formula is C3H10NO2P. The molecule has 0 atom stereocenters. The van der Waals surface area contributed by atoms with Crippen molar-refractivity contribution in [3.05, 3.63) is 0 Å². The fraction of sp³-hybridized carbons (Fsp3) is 1.00. The summed E-state index contributed by atoms with van der Waals surface area (Å²) in [7, 11) is -2.29. The average molecular weight is 123 g/mol. The molecule has 0 saturated carbocycles. The number of hydrogen-bond donors (Lipinski definition) is 1. The molecule has 2 N–H and O–H groups in total. The first kappa shape index (κ1) is 7.15. The molecule has 0 bridgehead atoms. The highest BCUT2D eigenvalue weighted by Crippen LogP contribution is 2.35. The van der Waals surface area contributed by atoms with Gasteiger partial charge in [0.2, 0.25) is 0 Å². The fourth-order valence-electron chi connectivity index (χ4n) is 0.180. The molecular weight excluding hydrogens is 113 g/mol. The minimum Gasteiger partial charge on any atom is -0.313 e. The number of hydrogen-bond acceptors (Lipinski definition) is 3. The van der Waals surface area contributed by atoms with Crippen LogP contribution in [0.15, 0.2) is 0 Å². The van der Waals surface area contributed by atoms with E-state index in [4.69, 9.17) is 5.73 Å². The van der Waals surface area contributed by atoms with Gasteiger partial charge in [-0.25, -0.2) is 0 Å². The number of nitrogens with two attached hydrogens (primary N) is 1. The van der Waals surface area contributed by atoms with Crippen LogP contribution >= 0.6 is 7.37 Å². The highest BCUT2D eigenvalue weighted by molar-refractivity contribution is 7.57. The Morgan fingerprint density at radius 3 is 2.14 bits per heavy atom. The van der Waals surface area contributed by atoms with Gasteiger partial charge in [-0.05, 0) is 0 Å². The topological polar surface area (TPSA) is 52.3 Å². The lowest BCUT2D eigenvalue weighted by atomic mass is 11.4. The summed E-state index contributed by atoms with van der Waals surface area (Å²) in [6.45, 7) is 3.10. The zero-order valence-electron chi connectivity index (χ0n) is 4.55. The smallest absolute Gasteiger partial charge is 0.198 e. The largest absolute Gasteiger partial charge is 0.313 e. The molecule has 0 unspecified atom stereocenters. The van der Waals surface area contributed by atoms with Gasteiger partial charge in [-0.2, -0.15) is 0 Å². The Balaban J connectivity index is 3.36. The van der Waals surface area contributed by atoms with Crippen molar-refractivity contribution in [2.45, 2.75) is 0 Å². The van der Waals surface area contributed by atoms with E-state index in [0.29, 0.717) is 0 Å². The summed E-state index contributed by atoms with van der Waals surface area (Å²) in [5.74, 6) is 0. The summed E-state index contributed by atoms with van der Waals surface area (Å²) in [4.78, 5) is 0. The van der Waals surface area contributed by atoms with Gasteiger partial charge in [-0.3, -0.25) is 4.57 Å². The van der Waals surface area contributed by atoms with Gasteiger partial charge < -0.3 is 10.3 Å². The second-order valence-corrected chi connectivity index (χ2v) is 4.31. The summed E-state index contributed by atoms with van der Waals surface area (Å²) in [5, 5.41) is 0. The van der Waals surface area contributed by atoms with Gasteiger partial charge >= 0.3 is 0 Å². The third kappa shape index (κ3) is 6.15. The summed E-state index contributed by atoms with van der Waals surface area (Å²) < 4.78 is 15.1. The Kier molecular flexibility index (Phi) is 2.51. The molecule has 0 radical (unpaired) electrons. The Morgan fingerprint density at radius 1 is 1.71 bits per heavy atom. The van der Waals surface area contributed by atoms with Crippen LogP contribution in [-0.4, -0.2) is 20.1 Å². The molecule has 7 heavy (non-hydrogen) atoms. The molecule has 0 saturated heterocycles. The predicted octanol–water partition coefficient (Wildman–Crippen LogP) is 0.457. The van der Waals surface area contributed by atoms with Gasteiger partial charge in [0, 0.05) is 13.3 Å². The zero-order valence-corrected chi connectivity index (χ0v) is 5.44. The van der Waals surface area contributed by atoms with E-state index in [0.717, 1.165) is 0 Å². The molecule has 0 fully saturated rings. The first-order valence-electron chi connectivity index (χ1n) is 1.96. The summed E-state index contributed by atoms with van der Waals surface area (Å²) in [6, 6.07) is 0. The fourth-order valence-corrected chi connectivity index (χ4v) is 0.539. The SMILES string of the molecule is CP(C)(=O)OCN. The molecule has 4 heteroatoms. The first-order chi connectivity index (χ1) is 3.06. The Labute approximate surface area is 43.3 Å². The van der Waals surface area contributed by atoms with Crippen molar-refractivity contribution in [1.82, 2.24) is 0 Å². The van der Waals surface area contributed by atoms with Gasteiger partial charge in [0.25, 0.3) is 0 Å². The second kappa shape index (κ2) is 2.46. The standard InChI is InChI=1S/C3H10NO2P/c1-7(2,5)6-3-4/h3-4H2,1-2H3. The Hall–Kier alpha value is 0.150. The van der Waals surface area contributed by atoms with E-state index in [1.807, 2.05) is 0 Å². The van der Waals surface area contributed by atoms with Crippen LogP contribution in [0.3, 0.4) is 0 Å². The van der Waals surface area contributed by atoms with Crippen LogP contribution in [0.4, 0.5) is 0 Å². The van der Waals surface area contributed by atoms with E-state index in [-0.39, 0.29) is 6.73 Å². The molecule has 0 aromatic heterocycles. The maximum Gasteiger partial charge on any atom is 0.198 e. The minimum absolute atomic E-state index is 0.0459. The van der Waals surface area contributed by atoms with Crippen molar-refractivity contribution in [2.75, 3.05) is 20.1 Å². The Morgan fingerprint density at radius 2 is 2.14 bits per heavy atom. The molecule has 44 valence electrons. The second-order valence-electron chi connectivity index (χ2n) is 1.55. The van der Waals surface area contributed by atoms with Crippen molar-refractivity contribution < 1.29 is 9.09 Å². The summed E-state index contributed by atoms with van der Waals surface area (Å²) in [6.07, 6.45) is 0. The molecule has 0 aliphatic carbocycles. The van der Waals surface area contributed by atoms with Gasteiger partial charge in [0.1, 0.15) is 6.73 Å². The minimum atomic E-state index is -2.29. The molecule has 0 rings (SSSR count). The highest BCUT2D eigenvalue weighted by atomic mass is 31.2. The van der Waals surface area contributed by atoms with Crippen LogP contribution in [0.2, 0.25) is 0 Å². The third-order valence-electron chi connectivity index (χ3n) is 0.385. The van der Waals surface area contributed by atoms with Crippen molar-refractivity contribution in [1.29, 1.82) is 0 Å². The molecule has 0 amide bonds. The van der Waals surface area contributed by atoms with Crippen LogP contribution in [0.5, 0.6) is 0 Å². The zero-order chi connectivity index (χ0) is 5.91. The monoisotopic (exact) mass is 123 g/mol. The van der Waals surface area contributed by atoms with Crippen molar-refractivity contribution in [3.63, 3.8) is 0 Å². The van der Waals surface area contributed by atoms with E-state index in [1.165, 1.54) is 13.3 Å². The first-order valence-corrected chi connectivity index (χ1v) is 4.48. The van der Waals surface area contributed by atoms with E-state index in [2.05, 4.69) is 4.52 Å². The maximum absolute atomic E-state index is 10.5. The molecule has 0 heterocycles. The van der Waals surface area contributed by atoms with Crippen molar-refractivity contribution >= 4 is 7.37 Å². The van der Waals surface area contributed by atoms with E-state index >= 15 is 0 Å². The van der Waals surface area contributed by atoms with Gasteiger partial charge in [0.15, 0.2) is 7.37 Å². The normalized spacial score (nSPS) is 11.9. The molecule has 0 aromatic carbocycles. The maximum atomic E-state index is 10.5. The van der Waals surface area contributed by atoms with Crippen molar-refractivity contribution in [2.24, 2.45) is 5.73 Å². The lowest BCUT2D eigenvalue weighted by Crippen LogP contribution is -2.00. The van der Waals surface area contributed by atoms with E-state index < -0.39 is 7.37 Å². The molecule has 0 aromatic rings. The van der Waals surface area contributed by atoms with E-state index in [9.17, 15) is 4.57 Å². The van der Waals surface area contributed by atoms with Crippen molar-refractivity contribution in [3.8, 4) is 0 Å². The predicted molar refractivity (Wildman–Crippen MR) is 29.6 cm³/mol. The van der Waals surface area contributed by atoms with Crippen LogP contribution < -0.4 is 5.73 Å². The average Bonchev–Trinajstić information content (AvgIpc) is 1.30. The van der Waals surface area contributed by atoms with Crippen LogP contribution in [-0.2, 0) is 9.09 Å². The van der Waals surface area contributed by atoms with Gasteiger partial charge in [-0.15, -0.1) is 0 Å². The summed E-state index contributed by atoms with van der Waals surface area (Å²) >= 11 is 0. The highest BCUT2D eigenvalue weighted by Gasteiger charge is 2.02. The lowest BCUT2D eigenvalue weighted by molar-refractivity contribution is 0.332. The quantitative estimate of drug-likeness (QED) is 0.428. The van der Waals surface area contributed by atoms with Crippen LogP contribution in [0.25, 0.3) is 0 Å². The molecule has 0 spiro atoms. The lowest BCUT2D eigenvalue weighted by Gasteiger charge is -2.02. The van der Waals surface area contributed by atoms with Gasteiger partial charge in [0.05, 0.1) is 0 Å². The van der Waals surface area contributed by atoms with Gasteiger partial charge in [-0.1, -0.05) is 0 Å². The third-order valence-corrected chi connectivity index (χ3v) is 1.16. The molecule has 0 aliphatic rings. The number of rotatable bonds is 2. The molecule has 0 aliphatic heterocycles. The Bertz CT molecular complexity index is 86.9. The van der Waals surface area contributed by atoms with Crippen LogP contribution in [0, 0.1) is 0 Å².